The molecule has 15 heavy (non-hydrogen) atoms. The molecule has 0 bridgehead atoms. The largest absolute Gasteiger partial charge is 0.477 e. The third kappa shape index (κ3) is 2.53. The first-order valence-electron chi connectivity index (χ1n) is 4.70. The Hall–Kier alpha value is -1.42. The van der Waals surface area contributed by atoms with Crippen LogP contribution in [-0.4, -0.2) is 27.8 Å². The number of carbonyl (C=O) groups is 1. The van der Waals surface area contributed by atoms with Crippen molar-refractivity contribution in [2.24, 2.45) is 0 Å². The van der Waals surface area contributed by atoms with Crippen molar-refractivity contribution in [3.63, 3.8) is 0 Å². The maximum absolute atomic E-state index is 10.8. The molecule has 0 aliphatic rings. The summed E-state index contributed by atoms with van der Waals surface area (Å²) < 4.78 is 0. The van der Waals surface area contributed by atoms with Crippen LogP contribution in [0.3, 0.4) is 0 Å². The first kappa shape index (κ1) is 11.7. The molecule has 4 heteroatoms. The van der Waals surface area contributed by atoms with E-state index in [-0.39, 0.29) is 12.3 Å². The van der Waals surface area contributed by atoms with Crippen molar-refractivity contribution in [3.8, 4) is 0 Å². The van der Waals surface area contributed by atoms with Gasteiger partial charge in [0.05, 0.1) is 6.61 Å². The third-order valence-electron chi connectivity index (χ3n) is 2.28. The molecule has 0 aliphatic heterocycles. The van der Waals surface area contributed by atoms with E-state index in [1.165, 1.54) is 6.07 Å². The standard InChI is InChI=1S/C11H15NO3/c1-7-4-8(10(14)15)12-9(5-7)11(2,3)6-13/h4-5,13H,6H2,1-3H3,(H,14,15). The number of aromatic nitrogens is 1. The lowest BCUT2D eigenvalue weighted by Crippen LogP contribution is -2.24. The number of aliphatic hydroxyl groups is 1. The molecule has 1 aromatic rings. The SMILES string of the molecule is Cc1cc(C(=O)O)nc(C(C)(C)CO)c1. The molecule has 1 heterocycles. The van der Waals surface area contributed by atoms with Crippen molar-refractivity contribution in [1.82, 2.24) is 4.98 Å². The minimum atomic E-state index is -1.05. The van der Waals surface area contributed by atoms with Crippen molar-refractivity contribution in [2.75, 3.05) is 6.61 Å². The minimum absolute atomic E-state index is 0.0199. The number of rotatable bonds is 3. The van der Waals surface area contributed by atoms with Gasteiger partial charge in [0.1, 0.15) is 5.69 Å². The quantitative estimate of drug-likeness (QED) is 0.788. The number of aliphatic hydroxyl groups excluding tert-OH is 1. The van der Waals surface area contributed by atoms with E-state index >= 15 is 0 Å². The van der Waals surface area contributed by atoms with Gasteiger partial charge in [-0.05, 0) is 24.6 Å². The zero-order valence-corrected chi connectivity index (χ0v) is 9.11. The molecule has 0 fully saturated rings. The Morgan fingerprint density at radius 2 is 2.07 bits per heavy atom. The van der Waals surface area contributed by atoms with E-state index in [2.05, 4.69) is 4.98 Å². The van der Waals surface area contributed by atoms with Gasteiger partial charge in [-0.3, -0.25) is 0 Å². The number of carboxylic acid groups (broad SMARTS) is 1. The summed E-state index contributed by atoms with van der Waals surface area (Å²) >= 11 is 0. The fraction of sp³-hybridized carbons (Fsp3) is 0.455. The van der Waals surface area contributed by atoms with Crippen LogP contribution in [0.15, 0.2) is 12.1 Å². The molecule has 0 amide bonds. The Morgan fingerprint density at radius 3 is 2.53 bits per heavy atom. The van der Waals surface area contributed by atoms with Crippen LogP contribution < -0.4 is 0 Å². The van der Waals surface area contributed by atoms with Gasteiger partial charge in [0, 0.05) is 11.1 Å². The molecular weight excluding hydrogens is 194 g/mol. The van der Waals surface area contributed by atoms with E-state index in [0.29, 0.717) is 5.69 Å². The predicted octanol–water partition coefficient (Wildman–Crippen LogP) is 1.36. The molecule has 0 saturated heterocycles. The van der Waals surface area contributed by atoms with Crippen molar-refractivity contribution >= 4 is 5.97 Å². The van der Waals surface area contributed by atoms with Crippen LogP contribution >= 0.6 is 0 Å². The maximum atomic E-state index is 10.8. The van der Waals surface area contributed by atoms with Gasteiger partial charge in [-0.25, -0.2) is 9.78 Å². The second-order valence-corrected chi connectivity index (χ2v) is 4.26. The highest BCUT2D eigenvalue weighted by molar-refractivity contribution is 5.85. The highest BCUT2D eigenvalue weighted by Crippen LogP contribution is 2.21. The van der Waals surface area contributed by atoms with E-state index < -0.39 is 11.4 Å². The molecule has 1 rings (SSSR count). The summed E-state index contributed by atoms with van der Waals surface area (Å²) in [5.74, 6) is -1.05. The smallest absolute Gasteiger partial charge is 0.354 e. The summed E-state index contributed by atoms with van der Waals surface area (Å²) in [7, 11) is 0. The topological polar surface area (TPSA) is 70.4 Å². The van der Waals surface area contributed by atoms with E-state index in [9.17, 15) is 9.90 Å². The van der Waals surface area contributed by atoms with Crippen LogP contribution in [0.25, 0.3) is 0 Å². The number of nitrogens with zero attached hydrogens (tertiary/aromatic N) is 1. The maximum Gasteiger partial charge on any atom is 0.354 e. The van der Waals surface area contributed by atoms with Gasteiger partial charge >= 0.3 is 5.97 Å². The molecule has 0 saturated carbocycles. The summed E-state index contributed by atoms with van der Waals surface area (Å²) in [6, 6.07) is 3.31. The lowest BCUT2D eigenvalue weighted by Gasteiger charge is -2.21. The first-order valence-corrected chi connectivity index (χ1v) is 4.70. The minimum Gasteiger partial charge on any atom is -0.477 e. The van der Waals surface area contributed by atoms with Crippen LogP contribution in [0.4, 0.5) is 0 Å². The monoisotopic (exact) mass is 209 g/mol. The molecule has 4 nitrogen and oxygen atoms in total. The summed E-state index contributed by atoms with van der Waals surface area (Å²) in [6.45, 7) is 5.38. The van der Waals surface area contributed by atoms with Gasteiger partial charge in [0.15, 0.2) is 0 Å². The Balaban J connectivity index is 3.26. The van der Waals surface area contributed by atoms with E-state index in [0.717, 1.165) is 5.56 Å². The number of aryl methyl sites for hydroxylation is 1. The molecule has 1 aromatic heterocycles. The summed E-state index contributed by atoms with van der Waals surface area (Å²) in [5, 5.41) is 18.0. The van der Waals surface area contributed by atoms with Gasteiger partial charge in [0.2, 0.25) is 0 Å². The molecule has 0 atom stereocenters. The van der Waals surface area contributed by atoms with Crippen molar-refractivity contribution < 1.29 is 15.0 Å². The number of carboxylic acids is 1. The second-order valence-electron chi connectivity index (χ2n) is 4.26. The Kier molecular flexibility index (Phi) is 3.09. The lowest BCUT2D eigenvalue weighted by atomic mass is 9.89. The molecule has 82 valence electrons. The number of pyridine rings is 1. The van der Waals surface area contributed by atoms with Gasteiger partial charge in [-0.2, -0.15) is 0 Å². The van der Waals surface area contributed by atoms with Crippen LogP contribution in [0, 0.1) is 6.92 Å². The van der Waals surface area contributed by atoms with Gasteiger partial charge < -0.3 is 10.2 Å². The highest BCUT2D eigenvalue weighted by atomic mass is 16.4. The van der Waals surface area contributed by atoms with Crippen molar-refractivity contribution in [3.05, 3.63) is 29.1 Å². The number of hydrogen-bond acceptors (Lipinski definition) is 3. The molecule has 0 spiro atoms. The van der Waals surface area contributed by atoms with Gasteiger partial charge in [-0.1, -0.05) is 13.8 Å². The highest BCUT2D eigenvalue weighted by Gasteiger charge is 2.22. The molecule has 2 N–H and O–H groups in total. The summed E-state index contributed by atoms with van der Waals surface area (Å²) in [4.78, 5) is 14.8. The summed E-state index contributed by atoms with van der Waals surface area (Å²) in [6.07, 6.45) is 0. The first-order chi connectivity index (χ1) is 6.86. The van der Waals surface area contributed by atoms with E-state index in [4.69, 9.17) is 5.11 Å². The predicted molar refractivity (Wildman–Crippen MR) is 56.0 cm³/mol. The average molecular weight is 209 g/mol. The number of aromatic carboxylic acids is 1. The Morgan fingerprint density at radius 1 is 1.47 bits per heavy atom. The molecule has 0 aromatic carbocycles. The van der Waals surface area contributed by atoms with Crippen LogP contribution in [0.5, 0.6) is 0 Å². The average Bonchev–Trinajstić information content (AvgIpc) is 2.16. The Bertz CT molecular complexity index is 385. The third-order valence-corrected chi connectivity index (χ3v) is 2.28. The molecule has 0 radical (unpaired) electrons. The molecule has 0 aliphatic carbocycles. The van der Waals surface area contributed by atoms with Gasteiger partial charge in [0.25, 0.3) is 0 Å². The fourth-order valence-electron chi connectivity index (χ4n) is 1.20. The molecular formula is C11H15NO3. The van der Waals surface area contributed by atoms with E-state index in [1.807, 2.05) is 20.8 Å². The van der Waals surface area contributed by atoms with Crippen LogP contribution in [0.1, 0.15) is 35.6 Å². The summed E-state index contributed by atoms with van der Waals surface area (Å²) in [5.41, 5.74) is 0.934. The van der Waals surface area contributed by atoms with Crippen molar-refractivity contribution in [2.45, 2.75) is 26.2 Å². The van der Waals surface area contributed by atoms with Crippen LogP contribution in [0.2, 0.25) is 0 Å². The zero-order valence-electron chi connectivity index (χ0n) is 9.11. The van der Waals surface area contributed by atoms with Crippen molar-refractivity contribution in [1.29, 1.82) is 0 Å². The Labute approximate surface area is 88.6 Å². The zero-order chi connectivity index (χ0) is 11.6. The second kappa shape index (κ2) is 3.98. The number of hydrogen-bond donors (Lipinski definition) is 2. The lowest BCUT2D eigenvalue weighted by molar-refractivity contribution is 0.0689. The van der Waals surface area contributed by atoms with Crippen LogP contribution in [-0.2, 0) is 5.41 Å². The normalized spacial score (nSPS) is 11.5. The fourth-order valence-corrected chi connectivity index (χ4v) is 1.20. The van der Waals surface area contributed by atoms with E-state index in [1.54, 1.807) is 6.07 Å². The van der Waals surface area contributed by atoms with Gasteiger partial charge in [-0.15, -0.1) is 0 Å². The molecule has 0 unspecified atom stereocenters.